The number of anilines is 2. The molecule has 0 fully saturated rings. The zero-order valence-corrected chi connectivity index (χ0v) is 16.9. The molecule has 0 aliphatic heterocycles. The van der Waals surface area contributed by atoms with Crippen molar-refractivity contribution in [3.05, 3.63) is 67.1 Å². The number of rotatable bonds is 7. The molecule has 1 radical (unpaired) electrons. The van der Waals surface area contributed by atoms with E-state index < -0.39 is 0 Å². The van der Waals surface area contributed by atoms with Gasteiger partial charge in [0.05, 0.1) is 25.5 Å². The minimum atomic E-state index is 0.727. The largest absolute Gasteiger partial charge is 0.495 e. The van der Waals surface area contributed by atoms with Crippen molar-refractivity contribution in [2.45, 2.75) is 6.54 Å². The van der Waals surface area contributed by atoms with E-state index in [0.29, 0.717) is 0 Å². The van der Waals surface area contributed by atoms with Crippen LogP contribution < -0.4 is 10.1 Å². The number of nitrogens with zero attached hydrogens (tertiary/aromatic N) is 4. The van der Waals surface area contributed by atoms with Crippen LogP contribution in [0.3, 0.4) is 0 Å². The van der Waals surface area contributed by atoms with E-state index in [2.05, 4.69) is 70.9 Å². The number of methoxy groups -OCH3 is 1. The Bertz CT molecular complexity index is 1120. The topological polar surface area (TPSA) is 55.2 Å². The molecule has 29 heavy (non-hydrogen) atoms. The first-order valence-corrected chi connectivity index (χ1v) is 9.51. The van der Waals surface area contributed by atoms with E-state index in [9.17, 15) is 0 Å². The minimum absolute atomic E-state index is 0.727. The molecular formula is C23H24N5O. The Morgan fingerprint density at radius 3 is 2.93 bits per heavy atom. The molecule has 6 nitrogen and oxygen atoms in total. The molecule has 0 atom stereocenters. The van der Waals surface area contributed by atoms with Crippen molar-refractivity contribution in [1.82, 2.24) is 19.7 Å². The lowest BCUT2D eigenvalue weighted by Gasteiger charge is -2.12. The lowest BCUT2D eigenvalue weighted by molar-refractivity contribution is 0.373. The lowest BCUT2D eigenvalue weighted by atomic mass is 10.0. The van der Waals surface area contributed by atoms with E-state index >= 15 is 0 Å². The number of pyridine rings is 1. The molecule has 0 unspecified atom stereocenters. The van der Waals surface area contributed by atoms with Crippen LogP contribution in [-0.4, -0.2) is 47.4 Å². The molecule has 0 amide bonds. The number of nitrogens with one attached hydrogen (secondary N) is 1. The summed E-state index contributed by atoms with van der Waals surface area (Å²) >= 11 is 0. The maximum Gasteiger partial charge on any atom is 0.142 e. The molecule has 2 aromatic heterocycles. The van der Waals surface area contributed by atoms with Gasteiger partial charge in [0.2, 0.25) is 0 Å². The molecule has 2 heterocycles. The van der Waals surface area contributed by atoms with E-state index in [1.807, 2.05) is 29.2 Å². The highest BCUT2D eigenvalue weighted by molar-refractivity contribution is 5.97. The van der Waals surface area contributed by atoms with Gasteiger partial charge in [0.25, 0.3) is 0 Å². The van der Waals surface area contributed by atoms with E-state index in [1.165, 1.54) is 0 Å². The molecule has 0 saturated carbocycles. The normalized spacial score (nSPS) is 11.2. The van der Waals surface area contributed by atoms with Gasteiger partial charge in [-0.05, 0) is 49.3 Å². The molecule has 0 saturated heterocycles. The second kappa shape index (κ2) is 8.32. The number of likely N-dealkylation sites (N-methyl/N-ethyl adjacent to an activating group) is 1. The number of aromatic nitrogens is 3. The number of hydrogen-bond donors (Lipinski definition) is 1. The van der Waals surface area contributed by atoms with Crippen LogP contribution in [0.15, 0.2) is 61.1 Å². The molecule has 0 aliphatic carbocycles. The SMILES string of the molecule is COc1c[c]ccc1Nc1cc2c(-c3cnn(CCN(C)C)c3)cccc2cn1. The van der Waals surface area contributed by atoms with E-state index in [-0.39, 0.29) is 0 Å². The standard InChI is InChI=1S/C23H24N5O/c1-27(2)11-12-28-16-18(15-25-28)19-8-6-7-17-14-24-23(13-20(17)19)26-21-9-4-5-10-22(21)29-3/h4,6-10,13-16H,11-12H2,1-3H3,(H,24,26). The van der Waals surface area contributed by atoms with Crippen molar-refractivity contribution in [3.8, 4) is 16.9 Å². The number of hydrogen-bond acceptors (Lipinski definition) is 5. The third-order valence-corrected chi connectivity index (χ3v) is 4.79. The van der Waals surface area contributed by atoms with Crippen molar-refractivity contribution in [2.75, 3.05) is 33.1 Å². The van der Waals surface area contributed by atoms with Crippen LogP contribution in [0.1, 0.15) is 0 Å². The van der Waals surface area contributed by atoms with Gasteiger partial charge in [-0.25, -0.2) is 4.98 Å². The Morgan fingerprint density at radius 1 is 1.21 bits per heavy atom. The van der Waals surface area contributed by atoms with Crippen LogP contribution >= 0.6 is 0 Å². The summed E-state index contributed by atoms with van der Waals surface area (Å²) in [4.78, 5) is 6.71. The van der Waals surface area contributed by atoms with Crippen LogP contribution in [0.4, 0.5) is 11.5 Å². The summed E-state index contributed by atoms with van der Waals surface area (Å²) in [6.45, 7) is 1.81. The van der Waals surface area contributed by atoms with Gasteiger partial charge in [-0.3, -0.25) is 4.68 Å². The van der Waals surface area contributed by atoms with E-state index in [4.69, 9.17) is 4.74 Å². The zero-order valence-electron chi connectivity index (χ0n) is 16.9. The highest BCUT2D eigenvalue weighted by Crippen LogP contribution is 2.31. The second-order valence-corrected chi connectivity index (χ2v) is 7.14. The van der Waals surface area contributed by atoms with Gasteiger partial charge in [0.15, 0.2) is 0 Å². The fourth-order valence-electron chi connectivity index (χ4n) is 3.24. The maximum atomic E-state index is 5.40. The molecule has 147 valence electrons. The Labute approximate surface area is 170 Å². The zero-order chi connectivity index (χ0) is 20.2. The summed E-state index contributed by atoms with van der Waals surface area (Å²) in [5.41, 5.74) is 3.09. The van der Waals surface area contributed by atoms with Gasteiger partial charge < -0.3 is 15.0 Å². The van der Waals surface area contributed by atoms with Crippen LogP contribution in [0.2, 0.25) is 0 Å². The third-order valence-electron chi connectivity index (χ3n) is 4.79. The van der Waals surface area contributed by atoms with Crippen LogP contribution in [0.25, 0.3) is 21.9 Å². The fourth-order valence-corrected chi connectivity index (χ4v) is 3.24. The van der Waals surface area contributed by atoms with Gasteiger partial charge in [0, 0.05) is 29.9 Å². The fraction of sp³-hybridized carbons (Fsp3) is 0.217. The quantitative estimate of drug-likeness (QED) is 0.516. The van der Waals surface area contributed by atoms with Crippen molar-refractivity contribution < 1.29 is 4.74 Å². The summed E-state index contributed by atoms with van der Waals surface area (Å²) in [5.74, 6) is 1.49. The maximum absolute atomic E-state index is 5.40. The molecule has 6 heteroatoms. The van der Waals surface area contributed by atoms with Crippen LogP contribution in [0.5, 0.6) is 5.75 Å². The Balaban J connectivity index is 1.68. The van der Waals surface area contributed by atoms with Gasteiger partial charge in [-0.2, -0.15) is 5.10 Å². The Hall–Kier alpha value is -3.38. The predicted molar refractivity (Wildman–Crippen MR) is 117 cm³/mol. The molecular weight excluding hydrogens is 362 g/mol. The van der Waals surface area contributed by atoms with E-state index in [1.54, 1.807) is 13.2 Å². The second-order valence-electron chi connectivity index (χ2n) is 7.14. The summed E-state index contributed by atoms with van der Waals surface area (Å²) < 4.78 is 7.39. The average molecular weight is 386 g/mol. The summed E-state index contributed by atoms with van der Waals surface area (Å²) in [7, 11) is 5.78. The minimum Gasteiger partial charge on any atom is -0.495 e. The first-order valence-electron chi connectivity index (χ1n) is 9.51. The molecule has 4 aromatic rings. The molecule has 0 aliphatic rings. The predicted octanol–water partition coefficient (Wildman–Crippen LogP) is 4.21. The molecule has 2 aromatic carbocycles. The van der Waals surface area contributed by atoms with Crippen LogP contribution in [-0.2, 0) is 6.54 Å². The van der Waals surface area contributed by atoms with Crippen molar-refractivity contribution in [2.24, 2.45) is 0 Å². The Morgan fingerprint density at radius 2 is 2.10 bits per heavy atom. The van der Waals surface area contributed by atoms with Gasteiger partial charge in [0.1, 0.15) is 11.6 Å². The van der Waals surface area contributed by atoms with Gasteiger partial charge in [-0.1, -0.05) is 24.3 Å². The van der Waals surface area contributed by atoms with Gasteiger partial charge in [-0.15, -0.1) is 0 Å². The van der Waals surface area contributed by atoms with Crippen molar-refractivity contribution >= 4 is 22.3 Å². The first-order chi connectivity index (χ1) is 14.1. The van der Waals surface area contributed by atoms with Crippen molar-refractivity contribution in [3.63, 3.8) is 0 Å². The monoisotopic (exact) mass is 386 g/mol. The highest BCUT2D eigenvalue weighted by Gasteiger charge is 2.09. The summed E-state index contributed by atoms with van der Waals surface area (Å²) in [6.07, 6.45) is 5.91. The summed E-state index contributed by atoms with van der Waals surface area (Å²) in [5, 5.41) is 10.1. The van der Waals surface area contributed by atoms with Crippen LogP contribution in [0, 0.1) is 6.07 Å². The number of ether oxygens (including phenoxy) is 1. The molecule has 0 spiro atoms. The molecule has 0 bridgehead atoms. The first kappa shape index (κ1) is 19.0. The number of benzene rings is 2. The number of fused-ring (bicyclic) bond motifs is 1. The van der Waals surface area contributed by atoms with Crippen molar-refractivity contribution in [1.29, 1.82) is 0 Å². The third kappa shape index (κ3) is 4.22. The summed E-state index contributed by atoms with van der Waals surface area (Å²) in [6, 6.07) is 16.9. The average Bonchev–Trinajstić information content (AvgIpc) is 3.21. The Kier molecular flexibility index (Phi) is 5.44. The smallest absolute Gasteiger partial charge is 0.142 e. The lowest BCUT2D eigenvalue weighted by Crippen LogP contribution is -2.18. The molecule has 1 N–H and O–H groups in total. The highest BCUT2D eigenvalue weighted by atomic mass is 16.5. The molecule has 4 rings (SSSR count). The van der Waals surface area contributed by atoms with Gasteiger partial charge >= 0.3 is 0 Å². The van der Waals surface area contributed by atoms with E-state index in [0.717, 1.165) is 52.2 Å².